The Hall–Kier alpha value is -0.600. The molecule has 1 unspecified atom stereocenters. The first-order valence-electron chi connectivity index (χ1n) is 8.02. The van der Waals surface area contributed by atoms with E-state index in [2.05, 4.69) is 34.5 Å². The number of guanidine groups is 1. The summed E-state index contributed by atoms with van der Waals surface area (Å²) in [5.41, 5.74) is 1.17. The van der Waals surface area contributed by atoms with Gasteiger partial charge in [-0.3, -0.25) is 4.99 Å². The summed E-state index contributed by atoms with van der Waals surface area (Å²) in [6, 6.07) is 4.41. The van der Waals surface area contributed by atoms with Crippen molar-refractivity contribution >= 4 is 41.5 Å². The molecule has 0 spiro atoms. The molecule has 2 N–H and O–H groups in total. The van der Waals surface area contributed by atoms with E-state index in [1.54, 1.807) is 0 Å². The maximum atomic E-state index is 5.79. The summed E-state index contributed by atoms with van der Waals surface area (Å²) in [6.45, 7) is 5.83. The molecule has 5 nitrogen and oxygen atoms in total. The van der Waals surface area contributed by atoms with Crippen LogP contribution in [0.3, 0.4) is 0 Å². The van der Waals surface area contributed by atoms with Crippen LogP contribution in [0.1, 0.15) is 25.3 Å². The van der Waals surface area contributed by atoms with Gasteiger partial charge in [0.05, 0.1) is 6.54 Å². The van der Waals surface area contributed by atoms with E-state index >= 15 is 0 Å². The second kappa shape index (κ2) is 11.0. The molecule has 7 heteroatoms. The maximum absolute atomic E-state index is 5.79. The van der Waals surface area contributed by atoms with E-state index in [0.717, 1.165) is 32.0 Å². The molecule has 23 heavy (non-hydrogen) atoms. The molecular weight excluding hydrogens is 425 g/mol. The lowest BCUT2D eigenvalue weighted by molar-refractivity contribution is 0.317. The second-order valence-corrected chi connectivity index (χ2v) is 6.05. The van der Waals surface area contributed by atoms with Crippen molar-refractivity contribution in [2.24, 2.45) is 4.99 Å². The molecule has 2 heterocycles. The van der Waals surface area contributed by atoms with Crippen molar-refractivity contribution in [1.82, 2.24) is 20.5 Å². The van der Waals surface area contributed by atoms with Crippen LogP contribution in [0.4, 0.5) is 0 Å². The Balaban J connectivity index is 0.00000264. The number of likely N-dealkylation sites (N-methyl/N-ethyl adjacent to an activating group) is 1. The van der Waals surface area contributed by atoms with Crippen molar-refractivity contribution < 1.29 is 0 Å². The fourth-order valence-corrected chi connectivity index (χ4v) is 2.74. The highest BCUT2D eigenvalue weighted by atomic mass is 127. The van der Waals surface area contributed by atoms with Crippen molar-refractivity contribution in [2.45, 2.75) is 32.2 Å². The molecule has 1 saturated heterocycles. The monoisotopic (exact) mass is 451 g/mol. The fourth-order valence-electron chi connectivity index (χ4n) is 2.63. The third-order valence-electron chi connectivity index (χ3n) is 3.97. The highest BCUT2D eigenvalue weighted by molar-refractivity contribution is 14.0. The minimum absolute atomic E-state index is 0. The average Bonchev–Trinajstić information content (AvgIpc) is 2.92. The quantitative estimate of drug-likeness (QED) is 0.302. The Morgan fingerprint density at radius 1 is 1.43 bits per heavy atom. The summed E-state index contributed by atoms with van der Waals surface area (Å²) >= 11 is 5.79. The first-order valence-corrected chi connectivity index (χ1v) is 8.39. The van der Waals surface area contributed by atoms with Crippen LogP contribution in [0.15, 0.2) is 23.3 Å². The molecule has 1 aliphatic rings. The normalized spacial score (nSPS) is 18.6. The van der Waals surface area contributed by atoms with Gasteiger partial charge in [0, 0.05) is 25.3 Å². The third kappa shape index (κ3) is 7.22. The molecule has 1 aliphatic heterocycles. The summed E-state index contributed by atoms with van der Waals surface area (Å²) in [5, 5.41) is 7.22. The van der Waals surface area contributed by atoms with Crippen molar-refractivity contribution in [1.29, 1.82) is 0 Å². The second-order valence-electron chi connectivity index (χ2n) is 5.66. The van der Waals surface area contributed by atoms with Crippen LogP contribution >= 0.6 is 35.6 Å². The minimum atomic E-state index is 0. The largest absolute Gasteiger partial charge is 0.357 e. The summed E-state index contributed by atoms with van der Waals surface area (Å²) in [5.74, 6) is 0.893. The first kappa shape index (κ1) is 20.4. The van der Waals surface area contributed by atoms with Crippen LogP contribution < -0.4 is 10.6 Å². The van der Waals surface area contributed by atoms with Gasteiger partial charge in [-0.25, -0.2) is 4.98 Å². The Bertz CT molecular complexity index is 480. The highest BCUT2D eigenvalue weighted by Crippen LogP contribution is 2.14. The van der Waals surface area contributed by atoms with Crippen molar-refractivity contribution in [3.63, 3.8) is 0 Å². The van der Waals surface area contributed by atoms with Gasteiger partial charge in [0.2, 0.25) is 0 Å². The van der Waals surface area contributed by atoms with Gasteiger partial charge < -0.3 is 15.5 Å². The number of aliphatic imine (C=N–C) groups is 1. The fraction of sp³-hybridized carbons (Fsp3) is 0.625. The minimum Gasteiger partial charge on any atom is -0.357 e. The molecule has 1 aromatic rings. The molecule has 1 atom stereocenters. The van der Waals surface area contributed by atoms with Gasteiger partial charge in [-0.05, 0) is 51.4 Å². The van der Waals surface area contributed by atoms with Crippen molar-refractivity contribution in [3.05, 3.63) is 29.0 Å². The van der Waals surface area contributed by atoms with Gasteiger partial charge in [0.15, 0.2) is 5.96 Å². The number of hydrogen-bond donors (Lipinski definition) is 2. The average molecular weight is 452 g/mol. The standard InChI is InChI=1S/C16H26ClN5.HI/c1-3-18-16(21-12-14-5-4-10-22(14)2)19-9-8-13-6-7-15(17)20-11-13;/h6-7,11,14H,3-5,8-10,12H2,1-2H3,(H2,18,19,21);1H. The SMILES string of the molecule is CCNC(=NCC1CCCN1C)NCCc1ccc(Cl)nc1.I. The summed E-state index contributed by atoms with van der Waals surface area (Å²) in [4.78, 5) is 11.2. The number of rotatable bonds is 6. The zero-order chi connectivity index (χ0) is 15.8. The lowest BCUT2D eigenvalue weighted by Gasteiger charge is -2.18. The van der Waals surface area contributed by atoms with Gasteiger partial charge in [-0.15, -0.1) is 24.0 Å². The molecule has 0 aromatic carbocycles. The van der Waals surface area contributed by atoms with Gasteiger partial charge >= 0.3 is 0 Å². The predicted molar refractivity (Wildman–Crippen MR) is 108 cm³/mol. The van der Waals surface area contributed by atoms with Crippen LogP contribution in [-0.4, -0.2) is 55.1 Å². The number of halogens is 2. The van der Waals surface area contributed by atoms with Gasteiger partial charge in [-0.2, -0.15) is 0 Å². The molecule has 1 aromatic heterocycles. The van der Waals surface area contributed by atoms with E-state index in [1.165, 1.54) is 24.9 Å². The van der Waals surface area contributed by atoms with E-state index in [9.17, 15) is 0 Å². The molecular formula is C16H27ClIN5. The van der Waals surface area contributed by atoms with E-state index in [1.807, 2.05) is 18.3 Å². The van der Waals surface area contributed by atoms with Crippen LogP contribution in [0.2, 0.25) is 5.15 Å². The van der Waals surface area contributed by atoms with E-state index < -0.39 is 0 Å². The number of nitrogens with zero attached hydrogens (tertiary/aromatic N) is 3. The Morgan fingerprint density at radius 2 is 2.26 bits per heavy atom. The zero-order valence-corrected chi connectivity index (χ0v) is 17.0. The molecule has 0 radical (unpaired) electrons. The molecule has 0 aliphatic carbocycles. The number of pyridine rings is 1. The van der Waals surface area contributed by atoms with Crippen molar-refractivity contribution in [2.75, 3.05) is 33.2 Å². The predicted octanol–water partition coefficient (Wildman–Crippen LogP) is 2.54. The van der Waals surface area contributed by atoms with Gasteiger partial charge in [0.25, 0.3) is 0 Å². The van der Waals surface area contributed by atoms with Gasteiger partial charge in [-0.1, -0.05) is 17.7 Å². The van der Waals surface area contributed by atoms with E-state index in [-0.39, 0.29) is 24.0 Å². The number of hydrogen-bond acceptors (Lipinski definition) is 3. The van der Waals surface area contributed by atoms with E-state index in [0.29, 0.717) is 11.2 Å². The van der Waals surface area contributed by atoms with Crippen molar-refractivity contribution in [3.8, 4) is 0 Å². The Morgan fingerprint density at radius 3 is 2.87 bits per heavy atom. The molecule has 0 saturated carbocycles. The highest BCUT2D eigenvalue weighted by Gasteiger charge is 2.20. The number of aromatic nitrogens is 1. The van der Waals surface area contributed by atoms with Crippen LogP contribution in [0, 0.1) is 0 Å². The Kier molecular flexibility index (Phi) is 9.81. The third-order valence-corrected chi connectivity index (χ3v) is 4.19. The maximum Gasteiger partial charge on any atom is 0.191 e. The topological polar surface area (TPSA) is 52.6 Å². The Labute approximate surface area is 161 Å². The lowest BCUT2D eigenvalue weighted by Crippen LogP contribution is -2.39. The summed E-state index contributed by atoms with van der Waals surface area (Å²) in [6.07, 6.45) is 5.25. The number of nitrogens with one attached hydrogen (secondary N) is 2. The zero-order valence-electron chi connectivity index (χ0n) is 13.9. The molecule has 2 rings (SSSR count). The van der Waals surface area contributed by atoms with Crippen LogP contribution in [-0.2, 0) is 6.42 Å². The summed E-state index contributed by atoms with van der Waals surface area (Å²) < 4.78 is 0. The number of likely N-dealkylation sites (tertiary alicyclic amines) is 1. The van der Waals surface area contributed by atoms with Gasteiger partial charge in [0.1, 0.15) is 5.15 Å². The summed E-state index contributed by atoms with van der Waals surface area (Å²) in [7, 11) is 2.18. The van der Waals surface area contributed by atoms with Crippen LogP contribution in [0.25, 0.3) is 0 Å². The van der Waals surface area contributed by atoms with E-state index in [4.69, 9.17) is 16.6 Å². The lowest BCUT2D eigenvalue weighted by atomic mass is 10.2. The molecule has 0 bridgehead atoms. The van der Waals surface area contributed by atoms with Crippen LogP contribution in [0.5, 0.6) is 0 Å². The first-order chi connectivity index (χ1) is 10.7. The smallest absolute Gasteiger partial charge is 0.191 e. The molecule has 0 amide bonds. The molecule has 130 valence electrons. The molecule has 1 fully saturated rings.